The van der Waals surface area contributed by atoms with Crippen LogP contribution in [0.1, 0.15) is 20.8 Å². The van der Waals surface area contributed by atoms with E-state index in [9.17, 15) is 20.1 Å². The molecule has 0 radical (unpaired) electrons. The first kappa shape index (κ1) is 15.2. The molecule has 1 N–H and O–H groups in total. The molecule has 0 aromatic heterocycles. The zero-order chi connectivity index (χ0) is 14.8. The zero-order valence-electron chi connectivity index (χ0n) is 10.6. The Morgan fingerprint density at radius 1 is 1.47 bits per heavy atom. The zero-order valence-corrected chi connectivity index (χ0v) is 11.3. The van der Waals surface area contributed by atoms with Crippen LogP contribution >= 0.6 is 11.6 Å². The van der Waals surface area contributed by atoms with Gasteiger partial charge in [0.25, 0.3) is 5.69 Å². The Morgan fingerprint density at radius 3 is 2.47 bits per heavy atom. The number of hydrogen-bond acceptors (Lipinski definition) is 5. The van der Waals surface area contributed by atoms with Crippen LogP contribution in [0.3, 0.4) is 0 Å². The van der Waals surface area contributed by atoms with E-state index in [0.29, 0.717) is 0 Å². The van der Waals surface area contributed by atoms with Crippen LogP contribution < -0.4 is 5.06 Å². The second kappa shape index (κ2) is 5.41. The molecule has 1 aromatic rings. The van der Waals surface area contributed by atoms with E-state index in [-0.39, 0.29) is 21.5 Å². The molecular weight excluding hydrogens is 276 g/mol. The van der Waals surface area contributed by atoms with E-state index in [1.54, 1.807) is 20.8 Å². The molecule has 0 saturated carbocycles. The van der Waals surface area contributed by atoms with Gasteiger partial charge in [-0.2, -0.15) is 5.06 Å². The number of nitro benzene ring substituents is 1. The van der Waals surface area contributed by atoms with Gasteiger partial charge in [-0.3, -0.25) is 15.3 Å². The first-order chi connectivity index (χ1) is 8.61. The molecule has 1 rings (SSSR count). The summed E-state index contributed by atoms with van der Waals surface area (Å²) >= 11 is 5.77. The molecule has 1 aromatic carbocycles. The summed E-state index contributed by atoms with van der Waals surface area (Å²) < 4.78 is 4.93. The number of non-ortho nitro benzene ring substituents is 1. The molecule has 0 spiro atoms. The van der Waals surface area contributed by atoms with Crippen molar-refractivity contribution in [3.63, 3.8) is 0 Å². The van der Waals surface area contributed by atoms with Crippen LogP contribution in [0.15, 0.2) is 18.2 Å². The number of hydrogen-bond donors (Lipinski definition) is 1. The first-order valence-electron chi connectivity index (χ1n) is 5.28. The van der Waals surface area contributed by atoms with E-state index in [1.807, 2.05) is 0 Å². The summed E-state index contributed by atoms with van der Waals surface area (Å²) in [4.78, 5) is 21.5. The number of carbonyl (C=O) groups excluding carboxylic acids is 1. The number of halogens is 1. The third-order valence-corrected chi connectivity index (χ3v) is 2.24. The van der Waals surface area contributed by atoms with Crippen molar-refractivity contribution in [2.45, 2.75) is 26.4 Å². The highest BCUT2D eigenvalue weighted by Crippen LogP contribution is 2.29. The molecule has 0 aliphatic carbocycles. The smallest absolute Gasteiger partial charge is 0.439 e. The number of anilines is 1. The van der Waals surface area contributed by atoms with E-state index in [4.69, 9.17) is 16.3 Å². The standard InChI is InChI=1S/C11H13ClN2O5/c1-11(2,3)19-10(15)13(16)9-5-4-7(14(17)18)6-8(9)12/h4-6,16H,1-3H3. The second-order valence-corrected chi connectivity index (χ2v) is 5.09. The van der Waals surface area contributed by atoms with E-state index >= 15 is 0 Å². The number of rotatable bonds is 2. The Bertz CT molecular complexity index is 512. The average molecular weight is 289 g/mol. The number of nitro groups is 1. The summed E-state index contributed by atoms with van der Waals surface area (Å²) in [7, 11) is 0. The van der Waals surface area contributed by atoms with Gasteiger partial charge in [0.05, 0.1) is 15.6 Å². The van der Waals surface area contributed by atoms with Crippen LogP contribution in [0, 0.1) is 10.1 Å². The molecule has 0 saturated heterocycles. The van der Waals surface area contributed by atoms with Gasteiger partial charge >= 0.3 is 6.09 Å². The maximum atomic E-state index is 11.6. The fraction of sp³-hybridized carbons (Fsp3) is 0.364. The highest BCUT2D eigenvalue weighted by molar-refractivity contribution is 6.33. The summed E-state index contributed by atoms with van der Waals surface area (Å²) in [6.45, 7) is 4.91. The minimum Gasteiger partial charge on any atom is -0.442 e. The SMILES string of the molecule is CC(C)(C)OC(=O)N(O)c1ccc([N+](=O)[O-])cc1Cl. The number of ether oxygens (including phenoxy) is 1. The van der Waals surface area contributed by atoms with Gasteiger partial charge in [0.1, 0.15) is 5.60 Å². The van der Waals surface area contributed by atoms with Gasteiger partial charge in [-0.05, 0) is 26.8 Å². The Labute approximate surface area is 114 Å². The van der Waals surface area contributed by atoms with Gasteiger partial charge < -0.3 is 4.74 Å². The van der Waals surface area contributed by atoms with E-state index < -0.39 is 16.6 Å². The predicted octanol–water partition coefficient (Wildman–Crippen LogP) is 3.38. The van der Waals surface area contributed by atoms with E-state index in [2.05, 4.69) is 0 Å². The molecule has 0 aliphatic rings. The molecule has 7 nitrogen and oxygen atoms in total. The largest absolute Gasteiger partial charge is 0.442 e. The Kier molecular flexibility index (Phi) is 4.33. The molecule has 0 bridgehead atoms. The summed E-state index contributed by atoms with van der Waals surface area (Å²) in [5.41, 5.74) is -1.13. The minimum atomic E-state index is -1.02. The lowest BCUT2D eigenvalue weighted by molar-refractivity contribution is -0.384. The lowest BCUT2D eigenvalue weighted by Gasteiger charge is -2.23. The topological polar surface area (TPSA) is 92.9 Å². The van der Waals surface area contributed by atoms with E-state index in [1.165, 1.54) is 0 Å². The summed E-state index contributed by atoms with van der Waals surface area (Å²) in [5.74, 6) is 0. The molecule has 19 heavy (non-hydrogen) atoms. The quantitative estimate of drug-likeness (QED) is 0.511. The van der Waals surface area contributed by atoms with Crippen molar-refractivity contribution in [2.24, 2.45) is 0 Å². The van der Waals surface area contributed by atoms with E-state index in [0.717, 1.165) is 18.2 Å². The lowest BCUT2D eigenvalue weighted by atomic mass is 10.2. The molecule has 0 heterocycles. The maximum absolute atomic E-state index is 11.6. The average Bonchev–Trinajstić information content (AvgIpc) is 2.25. The molecule has 1 amide bonds. The molecule has 8 heteroatoms. The molecule has 0 unspecified atom stereocenters. The first-order valence-corrected chi connectivity index (χ1v) is 5.65. The number of nitrogens with zero attached hydrogens (tertiary/aromatic N) is 2. The van der Waals surface area contributed by atoms with Gasteiger partial charge in [0, 0.05) is 12.1 Å². The fourth-order valence-electron chi connectivity index (χ4n) is 1.18. The van der Waals surface area contributed by atoms with Crippen molar-refractivity contribution in [3.8, 4) is 0 Å². The normalized spacial score (nSPS) is 11.0. The number of benzene rings is 1. The van der Waals surface area contributed by atoms with Crippen molar-refractivity contribution < 1.29 is 19.7 Å². The molecule has 0 fully saturated rings. The summed E-state index contributed by atoms with van der Waals surface area (Å²) in [6.07, 6.45) is -1.02. The van der Waals surface area contributed by atoms with Crippen LogP contribution in [0.2, 0.25) is 5.02 Å². The fourth-order valence-corrected chi connectivity index (χ4v) is 1.44. The third-order valence-electron chi connectivity index (χ3n) is 1.94. The Hall–Kier alpha value is -1.86. The monoisotopic (exact) mass is 288 g/mol. The second-order valence-electron chi connectivity index (χ2n) is 4.68. The van der Waals surface area contributed by atoms with Crippen LogP contribution in [-0.2, 0) is 4.74 Å². The Balaban J connectivity index is 2.97. The predicted molar refractivity (Wildman–Crippen MR) is 68.6 cm³/mol. The van der Waals surface area contributed by atoms with Gasteiger partial charge in [-0.15, -0.1) is 0 Å². The van der Waals surface area contributed by atoms with Gasteiger partial charge in [-0.1, -0.05) is 11.6 Å². The maximum Gasteiger partial charge on any atom is 0.439 e. The lowest BCUT2D eigenvalue weighted by Crippen LogP contribution is -2.34. The summed E-state index contributed by atoms with van der Waals surface area (Å²) in [6, 6.07) is 3.31. The highest BCUT2D eigenvalue weighted by atomic mass is 35.5. The van der Waals surface area contributed by atoms with Crippen LogP contribution in [0.25, 0.3) is 0 Å². The van der Waals surface area contributed by atoms with Gasteiger partial charge in [0.2, 0.25) is 0 Å². The molecule has 104 valence electrons. The van der Waals surface area contributed by atoms with Crippen molar-refractivity contribution in [1.82, 2.24) is 0 Å². The van der Waals surface area contributed by atoms with Crippen molar-refractivity contribution in [3.05, 3.63) is 33.3 Å². The highest BCUT2D eigenvalue weighted by Gasteiger charge is 2.24. The molecular formula is C11H13ClN2O5. The van der Waals surface area contributed by atoms with Crippen LogP contribution in [0.4, 0.5) is 16.2 Å². The minimum absolute atomic E-state index is 0.0958. The number of hydroxylamine groups is 1. The number of amides is 1. The molecule has 0 atom stereocenters. The van der Waals surface area contributed by atoms with Gasteiger partial charge in [-0.25, -0.2) is 4.79 Å². The van der Waals surface area contributed by atoms with Crippen LogP contribution in [0.5, 0.6) is 0 Å². The van der Waals surface area contributed by atoms with Crippen molar-refractivity contribution in [1.29, 1.82) is 0 Å². The number of carbonyl (C=O) groups is 1. The van der Waals surface area contributed by atoms with Crippen molar-refractivity contribution >= 4 is 29.1 Å². The van der Waals surface area contributed by atoms with Gasteiger partial charge in [0.15, 0.2) is 0 Å². The third kappa shape index (κ3) is 4.08. The summed E-state index contributed by atoms with van der Waals surface area (Å²) in [5, 5.41) is 20.3. The molecule has 0 aliphatic heterocycles. The van der Waals surface area contributed by atoms with Crippen molar-refractivity contribution in [2.75, 3.05) is 5.06 Å². The Morgan fingerprint density at radius 2 is 2.05 bits per heavy atom. The van der Waals surface area contributed by atoms with Crippen LogP contribution in [-0.4, -0.2) is 21.8 Å².